The first-order valence-corrected chi connectivity index (χ1v) is 8.08. The minimum atomic E-state index is -0.250. The number of aromatic nitrogens is 1. The van der Waals surface area contributed by atoms with E-state index in [0.29, 0.717) is 5.69 Å². The summed E-state index contributed by atoms with van der Waals surface area (Å²) in [6.45, 7) is 2.84. The highest BCUT2D eigenvalue weighted by Gasteiger charge is 2.34. The van der Waals surface area contributed by atoms with Crippen molar-refractivity contribution in [3.05, 3.63) is 51.7 Å². The maximum absolute atomic E-state index is 13.0. The lowest BCUT2D eigenvalue weighted by Gasteiger charge is -2.41. The molecule has 1 atom stereocenters. The lowest BCUT2D eigenvalue weighted by molar-refractivity contribution is 0.0454. The second-order valence-corrected chi connectivity index (χ2v) is 6.17. The lowest BCUT2D eigenvalue weighted by Crippen LogP contribution is -2.45. The molecule has 2 heterocycles. The number of aryl methyl sites for hydroxylation is 1. The van der Waals surface area contributed by atoms with Crippen molar-refractivity contribution < 1.29 is 9.18 Å². The summed E-state index contributed by atoms with van der Waals surface area (Å²) in [6.07, 6.45) is 2.87. The van der Waals surface area contributed by atoms with Gasteiger partial charge in [-0.25, -0.2) is 9.37 Å². The van der Waals surface area contributed by atoms with Gasteiger partial charge in [-0.2, -0.15) is 0 Å². The number of halogens is 1. The van der Waals surface area contributed by atoms with Crippen molar-refractivity contribution in [1.82, 2.24) is 9.88 Å². The molecule has 21 heavy (non-hydrogen) atoms. The summed E-state index contributed by atoms with van der Waals surface area (Å²) in [7, 11) is 0. The smallest absolute Gasteiger partial charge is 0.273 e. The number of nitrogens with zero attached hydrogens (tertiary/aromatic N) is 2. The molecule has 3 nitrogen and oxygen atoms in total. The predicted molar refractivity (Wildman–Crippen MR) is 80.9 cm³/mol. The number of hydrogen-bond donors (Lipinski definition) is 0. The molecule has 3 rings (SSSR count). The molecule has 0 saturated carbocycles. The maximum atomic E-state index is 13.0. The molecule has 1 saturated heterocycles. The third kappa shape index (κ3) is 2.83. The van der Waals surface area contributed by atoms with Crippen LogP contribution in [0.25, 0.3) is 0 Å². The zero-order chi connectivity index (χ0) is 14.8. The zero-order valence-electron chi connectivity index (χ0n) is 11.9. The van der Waals surface area contributed by atoms with Crippen LogP contribution in [0.15, 0.2) is 29.6 Å². The van der Waals surface area contributed by atoms with Crippen LogP contribution in [0, 0.1) is 5.82 Å². The number of hydrogen-bond acceptors (Lipinski definition) is 3. The largest absolute Gasteiger partial charge is 0.330 e. The van der Waals surface area contributed by atoms with Gasteiger partial charge in [-0.05, 0) is 37.0 Å². The Morgan fingerprint density at radius 3 is 2.81 bits per heavy atom. The summed E-state index contributed by atoms with van der Waals surface area (Å²) in [5, 5.41) is 2.85. The number of carbonyl (C=O) groups is 1. The first kappa shape index (κ1) is 14.2. The standard InChI is InChI=1S/C16H17FN2OS/c1-2-3-15-18-13(10-21-15)16(20)19-9-8-14(19)11-4-6-12(17)7-5-11/h4-7,10,14H,2-3,8-9H2,1H3. The first-order chi connectivity index (χ1) is 10.2. The Morgan fingerprint density at radius 1 is 1.43 bits per heavy atom. The number of thiazole rings is 1. The van der Waals surface area contributed by atoms with Gasteiger partial charge in [-0.1, -0.05) is 19.1 Å². The number of likely N-dealkylation sites (tertiary alicyclic amines) is 1. The van der Waals surface area contributed by atoms with Gasteiger partial charge >= 0.3 is 0 Å². The SMILES string of the molecule is CCCc1nc(C(=O)N2CCC2c2ccc(F)cc2)cs1. The van der Waals surface area contributed by atoms with E-state index in [1.807, 2.05) is 10.3 Å². The molecule has 0 aliphatic carbocycles. The predicted octanol–water partition coefficient (Wildman–Crippen LogP) is 3.82. The Morgan fingerprint density at radius 2 is 2.19 bits per heavy atom. The van der Waals surface area contributed by atoms with E-state index >= 15 is 0 Å². The van der Waals surface area contributed by atoms with Gasteiger partial charge in [0.1, 0.15) is 11.5 Å². The van der Waals surface area contributed by atoms with Crippen molar-refractivity contribution >= 4 is 17.2 Å². The number of carbonyl (C=O) groups excluding carboxylic acids is 1. The normalized spacial score (nSPS) is 17.6. The summed E-state index contributed by atoms with van der Waals surface area (Å²) >= 11 is 1.55. The lowest BCUT2D eigenvalue weighted by atomic mass is 9.94. The molecule has 0 bridgehead atoms. The molecule has 1 aliphatic rings. The monoisotopic (exact) mass is 304 g/mol. The molecule has 0 spiro atoms. The molecule has 1 fully saturated rings. The van der Waals surface area contributed by atoms with Gasteiger partial charge in [0.2, 0.25) is 0 Å². The minimum absolute atomic E-state index is 0.0193. The van der Waals surface area contributed by atoms with Gasteiger partial charge in [-0.3, -0.25) is 4.79 Å². The zero-order valence-corrected chi connectivity index (χ0v) is 12.7. The summed E-state index contributed by atoms with van der Waals surface area (Å²) in [4.78, 5) is 18.7. The van der Waals surface area contributed by atoms with Gasteiger partial charge < -0.3 is 4.90 Å². The topological polar surface area (TPSA) is 33.2 Å². The van der Waals surface area contributed by atoms with Crippen LogP contribution in [0.3, 0.4) is 0 Å². The molecule has 1 aliphatic heterocycles. The van der Waals surface area contributed by atoms with E-state index < -0.39 is 0 Å². The fourth-order valence-electron chi connectivity index (χ4n) is 2.55. The Hall–Kier alpha value is -1.75. The van der Waals surface area contributed by atoms with Gasteiger partial charge in [0.05, 0.1) is 11.0 Å². The average molecular weight is 304 g/mol. The van der Waals surface area contributed by atoms with Crippen molar-refractivity contribution in [2.45, 2.75) is 32.2 Å². The van der Waals surface area contributed by atoms with Crippen LogP contribution in [-0.4, -0.2) is 22.3 Å². The Balaban J connectivity index is 1.73. The highest BCUT2D eigenvalue weighted by Crippen LogP contribution is 2.34. The second-order valence-electron chi connectivity index (χ2n) is 5.23. The molecule has 0 N–H and O–H groups in total. The summed E-state index contributed by atoms with van der Waals surface area (Å²) in [5.74, 6) is -0.270. The molecular weight excluding hydrogens is 287 g/mol. The van der Waals surface area contributed by atoms with Crippen molar-refractivity contribution in [1.29, 1.82) is 0 Å². The second kappa shape index (κ2) is 5.93. The van der Waals surface area contributed by atoms with Crippen molar-refractivity contribution in [3.8, 4) is 0 Å². The highest BCUT2D eigenvalue weighted by atomic mass is 32.1. The molecule has 1 unspecified atom stereocenters. The number of benzene rings is 1. The van der Waals surface area contributed by atoms with Crippen LogP contribution < -0.4 is 0 Å². The number of rotatable bonds is 4. The molecule has 1 aromatic carbocycles. The van der Waals surface area contributed by atoms with Crippen LogP contribution in [0.4, 0.5) is 4.39 Å². The first-order valence-electron chi connectivity index (χ1n) is 7.20. The highest BCUT2D eigenvalue weighted by molar-refractivity contribution is 7.09. The van der Waals surface area contributed by atoms with Gasteiger partial charge in [0.25, 0.3) is 5.91 Å². The summed E-state index contributed by atoms with van der Waals surface area (Å²) < 4.78 is 13.0. The Kier molecular flexibility index (Phi) is 4.01. The summed E-state index contributed by atoms with van der Waals surface area (Å²) in [5.41, 5.74) is 1.52. The van der Waals surface area contributed by atoms with Crippen LogP contribution in [-0.2, 0) is 6.42 Å². The van der Waals surface area contributed by atoms with Gasteiger partial charge in [-0.15, -0.1) is 11.3 Å². The molecular formula is C16H17FN2OS. The average Bonchev–Trinajstić information content (AvgIpc) is 2.89. The van der Waals surface area contributed by atoms with Crippen LogP contribution in [0.1, 0.15) is 46.9 Å². The quantitative estimate of drug-likeness (QED) is 0.860. The van der Waals surface area contributed by atoms with Crippen molar-refractivity contribution in [2.24, 2.45) is 0 Å². The van der Waals surface area contributed by atoms with E-state index in [0.717, 1.165) is 36.4 Å². The van der Waals surface area contributed by atoms with Crippen molar-refractivity contribution in [2.75, 3.05) is 6.54 Å². The maximum Gasteiger partial charge on any atom is 0.273 e. The molecule has 2 aromatic rings. The van der Waals surface area contributed by atoms with Gasteiger partial charge in [0, 0.05) is 11.9 Å². The molecule has 1 aromatic heterocycles. The molecule has 5 heteroatoms. The van der Waals surface area contributed by atoms with Crippen LogP contribution in [0.2, 0.25) is 0 Å². The molecule has 1 amide bonds. The Labute approximate surface area is 127 Å². The van der Waals surface area contributed by atoms with Crippen LogP contribution in [0.5, 0.6) is 0 Å². The minimum Gasteiger partial charge on any atom is -0.330 e. The Bertz CT molecular complexity index is 638. The number of amides is 1. The van der Waals surface area contributed by atoms with E-state index in [1.165, 1.54) is 12.1 Å². The third-order valence-electron chi connectivity index (χ3n) is 3.77. The van der Waals surface area contributed by atoms with E-state index in [2.05, 4.69) is 11.9 Å². The summed E-state index contributed by atoms with van der Waals surface area (Å²) in [6, 6.07) is 6.44. The van der Waals surface area contributed by atoms with E-state index in [9.17, 15) is 9.18 Å². The van der Waals surface area contributed by atoms with E-state index in [-0.39, 0.29) is 17.8 Å². The molecule has 0 radical (unpaired) electrons. The van der Waals surface area contributed by atoms with E-state index in [1.54, 1.807) is 23.5 Å². The van der Waals surface area contributed by atoms with Gasteiger partial charge in [0.15, 0.2) is 0 Å². The fourth-order valence-corrected chi connectivity index (χ4v) is 3.42. The van der Waals surface area contributed by atoms with Crippen LogP contribution >= 0.6 is 11.3 Å². The van der Waals surface area contributed by atoms with Crippen molar-refractivity contribution in [3.63, 3.8) is 0 Å². The fraction of sp³-hybridized carbons (Fsp3) is 0.375. The molecule has 110 valence electrons. The van der Waals surface area contributed by atoms with E-state index in [4.69, 9.17) is 0 Å². The third-order valence-corrected chi connectivity index (χ3v) is 4.68.